The van der Waals surface area contributed by atoms with E-state index in [2.05, 4.69) is 10.2 Å². The van der Waals surface area contributed by atoms with Crippen LogP contribution >= 0.6 is 0 Å². The first-order valence-corrected chi connectivity index (χ1v) is 7.52. The second-order valence-corrected chi connectivity index (χ2v) is 4.74. The fourth-order valence-electron chi connectivity index (χ4n) is 2.29. The lowest BCUT2D eigenvalue weighted by molar-refractivity contribution is -0.126. The molecule has 21 heavy (non-hydrogen) atoms. The zero-order valence-corrected chi connectivity index (χ0v) is 13.1. The van der Waals surface area contributed by atoms with Gasteiger partial charge in [0.25, 0.3) is 0 Å². The predicted octanol–water partition coefficient (Wildman–Crippen LogP) is 2.44. The van der Waals surface area contributed by atoms with Crippen LogP contribution in [0.1, 0.15) is 27.2 Å². The van der Waals surface area contributed by atoms with E-state index in [1.54, 1.807) is 12.1 Å². The van der Waals surface area contributed by atoms with Gasteiger partial charge in [-0.25, -0.2) is 4.39 Å². The van der Waals surface area contributed by atoms with E-state index in [1.165, 1.54) is 12.1 Å². The first-order chi connectivity index (χ1) is 10.1. The summed E-state index contributed by atoms with van der Waals surface area (Å²) in [7, 11) is 0. The molecular formula is C16H25FN2O2. The topological polar surface area (TPSA) is 41.6 Å². The zero-order valence-electron chi connectivity index (χ0n) is 13.1. The predicted molar refractivity (Wildman–Crippen MR) is 81.9 cm³/mol. The Hall–Kier alpha value is -1.62. The Morgan fingerprint density at radius 2 is 2.05 bits per heavy atom. The molecule has 0 aliphatic rings. The van der Waals surface area contributed by atoms with Crippen molar-refractivity contribution in [1.29, 1.82) is 0 Å². The van der Waals surface area contributed by atoms with E-state index in [1.807, 2.05) is 20.8 Å². The van der Waals surface area contributed by atoms with Crippen LogP contribution in [0.25, 0.3) is 0 Å². The summed E-state index contributed by atoms with van der Waals surface area (Å²) >= 11 is 0. The summed E-state index contributed by atoms with van der Waals surface area (Å²) in [4.78, 5) is 14.3. The largest absolute Gasteiger partial charge is 0.492 e. The van der Waals surface area contributed by atoms with Crippen LogP contribution in [0.5, 0.6) is 5.75 Å². The van der Waals surface area contributed by atoms with Crippen molar-refractivity contribution in [3.63, 3.8) is 0 Å². The van der Waals surface area contributed by atoms with Gasteiger partial charge in [-0.05, 0) is 31.6 Å². The van der Waals surface area contributed by atoms with Crippen molar-refractivity contribution in [2.45, 2.75) is 33.2 Å². The van der Waals surface area contributed by atoms with Crippen molar-refractivity contribution in [2.24, 2.45) is 0 Å². The highest BCUT2D eigenvalue weighted by atomic mass is 19.1. The number of hydrogen-bond donors (Lipinski definition) is 1. The van der Waals surface area contributed by atoms with Gasteiger partial charge < -0.3 is 10.1 Å². The molecule has 0 bridgehead atoms. The van der Waals surface area contributed by atoms with Gasteiger partial charge in [0.1, 0.15) is 18.2 Å². The summed E-state index contributed by atoms with van der Waals surface area (Å²) in [5.74, 6) is 0.160. The number of ether oxygens (including phenoxy) is 1. The van der Waals surface area contributed by atoms with Crippen LogP contribution in [-0.2, 0) is 4.79 Å². The number of amides is 1. The maximum Gasteiger partial charge on any atom is 0.237 e. The molecule has 0 aliphatic heterocycles. The molecule has 118 valence electrons. The molecule has 0 heterocycles. The molecule has 0 saturated heterocycles. The molecule has 0 fully saturated rings. The van der Waals surface area contributed by atoms with Crippen LogP contribution in [0, 0.1) is 5.82 Å². The molecule has 0 spiro atoms. The Bertz CT molecular complexity index is 436. The number of carbonyl (C=O) groups is 1. The number of hydrogen-bond acceptors (Lipinski definition) is 3. The van der Waals surface area contributed by atoms with Crippen LogP contribution in [0.3, 0.4) is 0 Å². The van der Waals surface area contributed by atoms with Crippen molar-refractivity contribution in [2.75, 3.05) is 26.2 Å². The average molecular weight is 296 g/mol. The highest BCUT2D eigenvalue weighted by Gasteiger charge is 2.21. The molecule has 1 unspecified atom stereocenters. The molecule has 1 atom stereocenters. The summed E-state index contributed by atoms with van der Waals surface area (Å²) in [6.45, 7) is 8.53. The summed E-state index contributed by atoms with van der Waals surface area (Å²) in [5.41, 5.74) is 0. The smallest absolute Gasteiger partial charge is 0.237 e. The minimum absolute atomic E-state index is 0.0176. The number of carbonyl (C=O) groups excluding carboxylic acids is 1. The molecule has 1 aromatic rings. The number of likely N-dealkylation sites (N-methyl/N-ethyl adjacent to an activating group) is 1. The minimum Gasteiger partial charge on any atom is -0.492 e. The fraction of sp³-hybridized carbons (Fsp3) is 0.562. The van der Waals surface area contributed by atoms with Gasteiger partial charge in [-0.15, -0.1) is 0 Å². The number of nitrogens with zero attached hydrogens (tertiary/aromatic N) is 1. The average Bonchev–Trinajstić information content (AvgIpc) is 2.49. The van der Waals surface area contributed by atoms with Gasteiger partial charge in [0, 0.05) is 6.07 Å². The van der Waals surface area contributed by atoms with E-state index in [0.717, 1.165) is 19.5 Å². The van der Waals surface area contributed by atoms with E-state index >= 15 is 0 Å². The lowest BCUT2D eigenvalue weighted by Crippen LogP contribution is -2.47. The van der Waals surface area contributed by atoms with Crippen LogP contribution in [0.2, 0.25) is 0 Å². The van der Waals surface area contributed by atoms with Crippen LogP contribution in [0.15, 0.2) is 24.3 Å². The third-order valence-electron chi connectivity index (χ3n) is 3.41. The van der Waals surface area contributed by atoms with E-state index in [4.69, 9.17) is 4.74 Å². The van der Waals surface area contributed by atoms with Crippen molar-refractivity contribution in [3.05, 3.63) is 30.1 Å². The summed E-state index contributed by atoms with van der Waals surface area (Å²) < 4.78 is 18.4. The van der Waals surface area contributed by atoms with Gasteiger partial charge >= 0.3 is 0 Å². The number of benzene rings is 1. The molecule has 0 saturated carbocycles. The Kier molecular flexibility index (Phi) is 7.75. The normalized spacial score (nSPS) is 12.2. The molecule has 1 rings (SSSR count). The molecule has 0 aromatic heterocycles. The van der Waals surface area contributed by atoms with Gasteiger partial charge in [0.15, 0.2) is 0 Å². The summed E-state index contributed by atoms with van der Waals surface area (Å²) in [6.07, 6.45) is 0.776. The standard InChI is InChI=1S/C16H25FN2O2/c1-4-15(19(5-2)6-3)16(20)18-10-11-21-14-9-7-8-13(17)12-14/h7-9,12,15H,4-6,10-11H2,1-3H3,(H,18,20). The molecule has 1 N–H and O–H groups in total. The lowest BCUT2D eigenvalue weighted by atomic mass is 10.1. The number of nitrogens with one attached hydrogen (secondary N) is 1. The van der Waals surface area contributed by atoms with E-state index in [9.17, 15) is 9.18 Å². The first-order valence-electron chi connectivity index (χ1n) is 7.52. The van der Waals surface area contributed by atoms with Crippen LogP contribution in [0.4, 0.5) is 4.39 Å². The van der Waals surface area contributed by atoms with Gasteiger partial charge in [-0.2, -0.15) is 0 Å². The Morgan fingerprint density at radius 1 is 1.33 bits per heavy atom. The maximum atomic E-state index is 13.0. The van der Waals surface area contributed by atoms with Crippen molar-refractivity contribution >= 4 is 5.91 Å². The van der Waals surface area contributed by atoms with Crippen molar-refractivity contribution in [1.82, 2.24) is 10.2 Å². The molecule has 0 radical (unpaired) electrons. The number of halogens is 1. The highest BCUT2D eigenvalue weighted by molar-refractivity contribution is 5.81. The molecular weight excluding hydrogens is 271 g/mol. The second-order valence-electron chi connectivity index (χ2n) is 4.74. The SMILES string of the molecule is CCC(C(=O)NCCOc1cccc(F)c1)N(CC)CC. The lowest BCUT2D eigenvalue weighted by Gasteiger charge is -2.27. The molecule has 5 heteroatoms. The van der Waals surface area contributed by atoms with E-state index < -0.39 is 0 Å². The third-order valence-corrected chi connectivity index (χ3v) is 3.41. The molecule has 1 aromatic carbocycles. The fourth-order valence-corrected chi connectivity index (χ4v) is 2.29. The first kappa shape index (κ1) is 17.4. The monoisotopic (exact) mass is 296 g/mol. The van der Waals surface area contributed by atoms with Crippen LogP contribution in [-0.4, -0.2) is 43.1 Å². The number of rotatable bonds is 9. The summed E-state index contributed by atoms with van der Waals surface area (Å²) in [5, 5.41) is 2.87. The van der Waals surface area contributed by atoms with Gasteiger partial charge in [-0.3, -0.25) is 9.69 Å². The quantitative estimate of drug-likeness (QED) is 0.712. The highest BCUT2D eigenvalue weighted by Crippen LogP contribution is 2.11. The maximum absolute atomic E-state index is 13.0. The van der Waals surface area contributed by atoms with E-state index in [-0.39, 0.29) is 17.8 Å². The van der Waals surface area contributed by atoms with E-state index in [0.29, 0.717) is 18.9 Å². The molecule has 1 amide bonds. The van der Waals surface area contributed by atoms with Crippen LogP contribution < -0.4 is 10.1 Å². The molecule has 4 nitrogen and oxygen atoms in total. The minimum atomic E-state index is -0.330. The van der Waals surface area contributed by atoms with Gasteiger partial charge in [0.05, 0.1) is 12.6 Å². The summed E-state index contributed by atoms with van der Waals surface area (Å²) in [6, 6.07) is 5.87. The Morgan fingerprint density at radius 3 is 2.62 bits per heavy atom. The molecule has 0 aliphatic carbocycles. The Labute approximate surface area is 126 Å². The van der Waals surface area contributed by atoms with Crippen molar-refractivity contribution in [3.8, 4) is 5.75 Å². The zero-order chi connectivity index (χ0) is 15.7. The Balaban J connectivity index is 2.35. The van der Waals surface area contributed by atoms with Gasteiger partial charge in [0.2, 0.25) is 5.91 Å². The second kappa shape index (κ2) is 9.34. The van der Waals surface area contributed by atoms with Gasteiger partial charge in [-0.1, -0.05) is 26.8 Å². The third kappa shape index (κ3) is 5.71. The van der Waals surface area contributed by atoms with Crippen molar-refractivity contribution < 1.29 is 13.9 Å².